The second-order valence-corrected chi connectivity index (χ2v) is 4.71. The van der Waals surface area contributed by atoms with Gasteiger partial charge in [0.2, 0.25) is 0 Å². The lowest BCUT2D eigenvalue weighted by molar-refractivity contribution is 0.102. The van der Waals surface area contributed by atoms with E-state index >= 15 is 0 Å². The van der Waals surface area contributed by atoms with Gasteiger partial charge in [0.15, 0.2) is 0 Å². The number of carbonyl (C=O) groups is 1. The van der Waals surface area contributed by atoms with Gasteiger partial charge in [-0.2, -0.15) is 0 Å². The van der Waals surface area contributed by atoms with Gasteiger partial charge in [-0.05, 0) is 30.1 Å². The van der Waals surface area contributed by atoms with Crippen molar-refractivity contribution >= 4 is 28.8 Å². The Labute approximate surface area is 113 Å². The van der Waals surface area contributed by atoms with Crippen molar-refractivity contribution in [2.75, 3.05) is 11.1 Å². The smallest absolute Gasteiger partial charge is 0.269 e. The number of carbonyl (C=O) groups excluding carboxylic acids is 1. The van der Waals surface area contributed by atoms with Crippen LogP contribution in [0.1, 0.15) is 28.7 Å². The van der Waals surface area contributed by atoms with Gasteiger partial charge < -0.3 is 11.1 Å². The number of hydrogen-bond acceptors (Lipinski definition) is 5. The first-order chi connectivity index (χ1) is 9.13. The van der Waals surface area contributed by atoms with Crippen LogP contribution in [0.25, 0.3) is 0 Å². The Morgan fingerprint density at radius 1 is 1.53 bits per heavy atom. The van der Waals surface area contributed by atoms with Crippen LogP contribution in [0.15, 0.2) is 18.2 Å². The molecule has 1 aromatic carbocycles. The van der Waals surface area contributed by atoms with E-state index in [0.717, 1.165) is 18.0 Å². The van der Waals surface area contributed by atoms with Crippen LogP contribution < -0.4 is 11.1 Å². The Balaban J connectivity index is 2.24. The normalized spacial score (nSPS) is 10.4. The molecule has 1 amide bonds. The number of nitrogen functional groups attached to an aromatic ring is 1. The predicted octanol–water partition coefficient (Wildman–Crippen LogP) is 2.46. The summed E-state index contributed by atoms with van der Waals surface area (Å²) in [4.78, 5) is 12.5. The number of amides is 1. The van der Waals surface area contributed by atoms with Crippen LogP contribution in [0, 0.1) is 5.82 Å². The molecule has 0 aliphatic carbocycles. The molecule has 1 aromatic heterocycles. The van der Waals surface area contributed by atoms with Crippen molar-refractivity contribution in [2.45, 2.75) is 19.8 Å². The number of anilines is 2. The van der Waals surface area contributed by atoms with Gasteiger partial charge in [0.05, 0.1) is 11.4 Å². The van der Waals surface area contributed by atoms with E-state index in [1.54, 1.807) is 0 Å². The Kier molecular flexibility index (Phi) is 4.06. The quantitative estimate of drug-likeness (QED) is 0.843. The zero-order chi connectivity index (χ0) is 13.8. The highest BCUT2D eigenvalue weighted by molar-refractivity contribution is 7.08. The van der Waals surface area contributed by atoms with Gasteiger partial charge in [-0.1, -0.05) is 23.9 Å². The van der Waals surface area contributed by atoms with Gasteiger partial charge >= 0.3 is 0 Å². The Morgan fingerprint density at radius 3 is 3.00 bits per heavy atom. The lowest BCUT2D eigenvalue weighted by Gasteiger charge is -2.08. The summed E-state index contributed by atoms with van der Waals surface area (Å²) in [6.45, 7) is 1.98. The van der Waals surface area contributed by atoms with Crippen LogP contribution in [-0.4, -0.2) is 15.5 Å². The summed E-state index contributed by atoms with van der Waals surface area (Å²) >= 11 is 0.992. The molecule has 0 aliphatic heterocycles. The van der Waals surface area contributed by atoms with Gasteiger partial charge in [0.25, 0.3) is 5.91 Å². The molecule has 0 fully saturated rings. The number of nitrogens with one attached hydrogen (secondary N) is 1. The van der Waals surface area contributed by atoms with Crippen molar-refractivity contribution in [2.24, 2.45) is 0 Å². The van der Waals surface area contributed by atoms with E-state index in [4.69, 9.17) is 5.73 Å². The first-order valence-electron chi connectivity index (χ1n) is 5.80. The zero-order valence-electron chi connectivity index (χ0n) is 10.3. The van der Waals surface area contributed by atoms with Crippen molar-refractivity contribution < 1.29 is 9.18 Å². The maximum Gasteiger partial charge on any atom is 0.269 e. The molecule has 2 rings (SSSR count). The average molecular weight is 280 g/mol. The second-order valence-electron chi connectivity index (χ2n) is 3.96. The molecule has 3 N–H and O–H groups in total. The molecule has 2 aromatic rings. The van der Waals surface area contributed by atoms with Gasteiger partial charge in [0.1, 0.15) is 16.4 Å². The minimum absolute atomic E-state index is 0.0108. The first-order valence-corrected chi connectivity index (χ1v) is 6.57. The Hall–Kier alpha value is -2.02. The fourth-order valence-corrected chi connectivity index (χ4v) is 2.23. The number of hydrogen-bond donors (Lipinski definition) is 2. The van der Waals surface area contributed by atoms with E-state index in [2.05, 4.69) is 14.9 Å². The third kappa shape index (κ3) is 2.87. The molecular formula is C12H13FN4OS. The lowest BCUT2D eigenvalue weighted by atomic mass is 10.2. The molecule has 0 saturated heterocycles. The van der Waals surface area contributed by atoms with Crippen molar-refractivity contribution in [1.29, 1.82) is 0 Å². The van der Waals surface area contributed by atoms with E-state index in [-0.39, 0.29) is 11.4 Å². The maximum absolute atomic E-state index is 13.6. The van der Waals surface area contributed by atoms with Crippen molar-refractivity contribution in [3.63, 3.8) is 0 Å². The van der Waals surface area contributed by atoms with Crippen molar-refractivity contribution in [3.8, 4) is 0 Å². The molecular weight excluding hydrogens is 267 g/mol. The topological polar surface area (TPSA) is 80.9 Å². The third-order valence-corrected chi connectivity index (χ3v) is 3.30. The average Bonchev–Trinajstić information content (AvgIpc) is 2.83. The molecule has 0 bridgehead atoms. The standard InChI is InChI=1S/C12H13FN4OS/c1-2-4-9-11(19-17-16-9)12(18)15-10-7(13)5-3-6-8(10)14/h3,5-6H,2,4,14H2,1H3,(H,15,18). The number of nitrogens with two attached hydrogens (primary N) is 1. The molecule has 1 heterocycles. The predicted molar refractivity (Wildman–Crippen MR) is 72.7 cm³/mol. The van der Waals surface area contributed by atoms with E-state index in [1.165, 1.54) is 18.2 Å². The Bertz CT molecular complexity index is 579. The van der Waals surface area contributed by atoms with Crippen molar-refractivity contribution in [1.82, 2.24) is 9.59 Å². The van der Waals surface area contributed by atoms with Crippen molar-refractivity contribution in [3.05, 3.63) is 34.6 Å². The van der Waals surface area contributed by atoms with Gasteiger partial charge in [0, 0.05) is 0 Å². The van der Waals surface area contributed by atoms with Gasteiger partial charge in [-0.25, -0.2) is 4.39 Å². The molecule has 0 unspecified atom stereocenters. The molecule has 5 nitrogen and oxygen atoms in total. The summed E-state index contributed by atoms with van der Waals surface area (Å²) < 4.78 is 17.3. The fraction of sp³-hybridized carbons (Fsp3) is 0.250. The zero-order valence-corrected chi connectivity index (χ0v) is 11.1. The minimum Gasteiger partial charge on any atom is -0.397 e. The second kappa shape index (κ2) is 5.75. The summed E-state index contributed by atoms with van der Waals surface area (Å²) in [7, 11) is 0. The highest BCUT2D eigenvalue weighted by Gasteiger charge is 2.18. The number of aromatic nitrogens is 2. The van der Waals surface area contributed by atoms with Crippen LogP contribution in [0.3, 0.4) is 0 Å². The largest absolute Gasteiger partial charge is 0.397 e. The molecule has 0 saturated carbocycles. The summed E-state index contributed by atoms with van der Waals surface area (Å²) in [5.74, 6) is -1.00. The number of nitrogens with zero attached hydrogens (tertiary/aromatic N) is 2. The lowest BCUT2D eigenvalue weighted by Crippen LogP contribution is -2.15. The number of benzene rings is 1. The number of halogens is 1. The summed E-state index contributed by atoms with van der Waals surface area (Å²) in [5.41, 5.74) is 6.43. The van der Waals surface area contributed by atoms with E-state index in [1.807, 2.05) is 6.92 Å². The van der Waals surface area contributed by atoms with Crippen LogP contribution in [0.4, 0.5) is 15.8 Å². The summed E-state index contributed by atoms with van der Waals surface area (Å²) in [6.07, 6.45) is 1.51. The Morgan fingerprint density at radius 2 is 2.32 bits per heavy atom. The molecule has 100 valence electrons. The maximum atomic E-state index is 13.6. The van der Waals surface area contributed by atoms with Crippen LogP contribution in [0.5, 0.6) is 0 Å². The number of para-hydroxylation sites is 1. The highest BCUT2D eigenvalue weighted by atomic mass is 32.1. The number of rotatable bonds is 4. The highest BCUT2D eigenvalue weighted by Crippen LogP contribution is 2.23. The molecule has 0 atom stereocenters. The molecule has 7 heteroatoms. The monoisotopic (exact) mass is 280 g/mol. The van der Waals surface area contributed by atoms with Crippen LogP contribution in [0.2, 0.25) is 0 Å². The number of aryl methyl sites for hydroxylation is 1. The summed E-state index contributed by atoms with van der Waals surface area (Å²) in [6, 6.07) is 4.25. The van der Waals surface area contributed by atoms with E-state index in [9.17, 15) is 9.18 Å². The molecule has 0 aliphatic rings. The van der Waals surface area contributed by atoms with Gasteiger partial charge in [-0.15, -0.1) is 5.10 Å². The minimum atomic E-state index is -0.567. The SMILES string of the molecule is CCCc1nnsc1C(=O)Nc1c(N)cccc1F. The molecule has 0 radical (unpaired) electrons. The van der Waals surface area contributed by atoms with E-state index in [0.29, 0.717) is 17.0 Å². The first kappa shape index (κ1) is 13.4. The third-order valence-electron chi connectivity index (χ3n) is 2.53. The van der Waals surface area contributed by atoms with Crippen LogP contribution in [-0.2, 0) is 6.42 Å². The van der Waals surface area contributed by atoms with E-state index < -0.39 is 11.7 Å². The molecule has 0 spiro atoms. The fourth-order valence-electron chi connectivity index (χ4n) is 1.62. The molecule has 19 heavy (non-hydrogen) atoms. The van der Waals surface area contributed by atoms with Gasteiger partial charge in [-0.3, -0.25) is 4.79 Å². The van der Waals surface area contributed by atoms with Crippen LogP contribution >= 0.6 is 11.5 Å². The summed E-state index contributed by atoms with van der Waals surface area (Å²) in [5, 5.41) is 6.37.